The number of ketones is 1. The monoisotopic (exact) mass is 479 g/mol. The molecule has 1 aliphatic heterocycles. The number of hydrogen-bond acceptors (Lipinski definition) is 5. The maximum Gasteiger partial charge on any atom is 0.167 e. The molecule has 4 saturated carbocycles. The highest BCUT2D eigenvalue weighted by atomic mass is 19.1. The highest BCUT2D eigenvalue weighted by molar-refractivity contribution is 6.08. The Kier molecular flexibility index (Phi) is 6.42. The van der Waals surface area contributed by atoms with Crippen LogP contribution in [0, 0.1) is 29.5 Å². The summed E-state index contributed by atoms with van der Waals surface area (Å²) in [6.07, 6.45) is 11.8. The quantitative estimate of drug-likeness (QED) is 0.397. The van der Waals surface area contributed by atoms with Crippen molar-refractivity contribution in [2.24, 2.45) is 23.7 Å². The van der Waals surface area contributed by atoms with E-state index in [2.05, 4.69) is 22.1 Å². The summed E-state index contributed by atoms with van der Waals surface area (Å²) in [7, 11) is 0. The second-order valence-electron chi connectivity index (χ2n) is 11.5. The first-order valence-electron chi connectivity index (χ1n) is 13.9. The topological polar surface area (TPSA) is 54.5 Å². The summed E-state index contributed by atoms with van der Waals surface area (Å²) in [5.74, 6) is 2.43. The molecule has 0 unspecified atom stereocenters. The maximum absolute atomic E-state index is 15.0. The number of piperidine rings is 1. The number of fused-ring (bicyclic) bond motifs is 1. The number of benzene rings is 1. The van der Waals surface area contributed by atoms with Gasteiger partial charge in [-0.1, -0.05) is 13.3 Å². The molecule has 7 rings (SSSR count). The third-order valence-electron chi connectivity index (χ3n) is 8.94. The molecule has 5 aliphatic rings. The molecule has 0 spiro atoms. The predicted molar refractivity (Wildman–Crippen MR) is 137 cm³/mol. The van der Waals surface area contributed by atoms with Crippen molar-refractivity contribution in [2.45, 2.75) is 70.8 Å². The number of pyridine rings is 1. The Hall–Kier alpha value is -2.21. The number of nitrogens with zero attached hydrogens (tertiary/aromatic N) is 2. The Bertz CT molecular complexity index is 1080. The fourth-order valence-electron chi connectivity index (χ4n) is 6.02. The number of likely N-dealkylation sites (tertiary alicyclic amines) is 1. The van der Waals surface area contributed by atoms with Crippen molar-refractivity contribution in [1.29, 1.82) is 0 Å². The fraction of sp³-hybridized carbons (Fsp3) is 0.655. The van der Waals surface area contributed by atoms with Gasteiger partial charge in [0.2, 0.25) is 0 Å². The van der Waals surface area contributed by atoms with Crippen molar-refractivity contribution < 1.29 is 13.9 Å². The van der Waals surface area contributed by atoms with Gasteiger partial charge in [0.25, 0.3) is 0 Å². The zero-order chi connectivity index (χ0) is 23.9. The van der Waals surface area contributed by atoms with Gasteiger partial charge in [-0.25, -0.2) is 4.39 Å². The number of hydrogen-bond donors (Lipinski definition) is 1. The molecule has 2 heterocycles. The van der Waals surface area contributed by atoms with E-state index in [-0.39, 0.29) is 17.3 Å². The minimum Gasteiger partial charge on any atom is -0.490 e. The molecule has 2 bridgehead atoms. The Morgan fingerprint density at radius 2 is 1.91 bits per heavy atom. The first-order valence-corrected chi connectivity index (χ1v) is 13.9. The van der Waals surface area contributed by atoms with Crippen LogP contribution in [0.3, 0.4) is 0 Å². The molecule has 5 nitrogen and oxygen atoms in total. The minimum absolute atomic E-state index is 0.152. The number of anilines is 1. The van der Waals surface area contributed by atoms with Gasteiger partial charge in [-0.15, -0.1) is 0 Å². The summed E-state index contributed by atoms with van der Waals surface area (Å²) in [5.41, 5.74) is 2.08. The third-order valence-corrected chi connectivity index (χ3v) is 8.94. The Morgan fingerprint density at radius 1 is 1.14 bits per heavy atom. The molecule has 2 aromatic rings. The van der Waals surface area contributed by atoms with Crippen molar-refractivity contribution in [3.05, 3.63) is 29.7 Å². The molecule has 0 radical (unpaired) electrons. The van der Waals surface area contributed by atoms with Crippen molar-refractivity contribution >= 4 is 22.4 Å². The lowest BCUT2D eigenvalue weighted by Gasteiger charge is -2.58. The lowest BCUT2D eigenvalue weighted by Crippen LogP contribution is -2.59. The molecular weight excluding hydrogens is 441 g/mol. The van der Waals surface area contributed by atoms with Crippen LogP contribution in [0.1, 0.15) is 75.1 Å². The fourth-order valence-corrected chi connectivity index (χ4v) is 6.02. The summed E-state index contributed by atoms with van der Waals surface area (Å²) >= 11 is 0. The molecule has 1 N–H and O–H groups in total. The number of ether oxygens (including phenoxy) is 1. The van der Waals surface area contributed by atoms with E-state index in [1.807, 2.05) is 0 Å². The SMILES string of the molecule is CCCCN1CCC(COc2cc3c(NC4C5CC4C5)c(C(=O)CC4CC4)cnc3cc2F)CC1. The van der Waals surface area contributed by atoms with E-state index in [0.29, 0.717) is 53.8 Å². The van der Waals surface area contributed by atoms with E-state index in [1.165, 1.54) is 38.3 Å². The average Bonchev–Trinajstić information content (AvgIpc) is 3.62. The highest BCUT2D eigenvalue weighted by Gasteiger charge is 2.52. The lowest BCUT2D eigenvalue weighted by atomic mass is 9.52. The van der Waals surface area contributed by atoms with Crippen molar-refractivity contribution in [1.82, 2.24) is 9.88 Å². The summed E-state index contributed by atoms with van der Waals surface area (Å²) < 4.78 is 21.1. The second-order valence-corrected chi connectivity index (χ2v) is 11.5. The number of halogens is 1. The van der Waals surface area contributed by atoms with Gasteiger partial charge in [-0.05, 0) is 94.3 Å². The molecule has 4 aliphatic carbocycles. The van der Waals surface area contributed by atoms with Crippen LogP contribution in [0.5, 0.6) is 5.75 Å². The van der Waals surface area contributed by atoms with Gasteiger partial charge in [-0.3, -0.25) is 9.78 Å². The van der Waals surface area contributed by atoms with Crippen LogP contribution in [-0.4, -0.2) is 48.0 Å². The van der Waals surface area contributed by atoms with Crippen LogP contribution in [0.4, 0.5) is 10.1 Å². The number of Topliss-reactive ketones (excluding diaryl/α,β-unsaturated/α-hetero) is 1. The van der Waals surface area contributed by atoms with Gasteiger partial charge in [0.1, 0.15) is 0 Å². The standard InChI is InChI=1S/C29H38FN3O2/c1-2-3-8-33-9-6-19(7-10-33)17-35-27-14-22-25(15-24(27)30)31-16-23(26(34)11-18-4-5-18)29(22)32-28-20-12-21(28)13-20/h14-16,18-21,28H,2-13,17H2,1H3,(H,31,32). The third kappa shape index (κ3) is 4.78. The first kappa shape index (κ1) is 23.2. The molecule has 1 saturated heterocycles. The minimum atomic E-state index is -0.375. The normalized spacial score (nSPS) is 26.3. The zero-order valence-electron chi connectivity index (χ0n) is 20.9. The largest absolute Gasteiger partial charge is 0.490 e. The number of rotatable bonds is 11. The number of nitrogens with one attached hydrogen (secondary N) is 1. The summed E-state index contributed by atoms with van der Waals surface area (Å²) in [6.45, 7) is 6.14. The van der Waals surface area contributed by atoms with E-state index >= 15 is 0 Å². The lowest BCUT2D eigenvalue weighted by molar-refractivity contribution is -0.00384. The van der Waals surface area contributed by atoms with Crippen LogP contribution >= 0.6 is 0 Å². The molecular formula is C29H38FN3O2. The van der Waals surface area contributed by atoms with E-state index in [9.17, 15) is 9.18 Å². The van der Waals surface area contributed by atoms with Crippen molar-refractivity contribution in [2.75, 3.05) is 31.6 Å². The van der Waals surface area contributed by atoms with E-state index in [0.717, 1.165) is 49.8 Å². The number of carbonyl (C=O) groups excluding carboxylic acids is 1. The van der Waals surface area contributed by atoms with Gasteiger partial charge in [0.05, 0.1) is 23.4 Å². The molecule has 1 aromatic heterocycles. The highest BCUT2D eigenvalue weighted by Crippen LogP contribution is 2.55. The van der Waals surface area contributed by atoms with Crippen LogP contribution in [-0.2, 0) is 0 Å². The van der Waals surface area contributed by atoms with Gasteiger partial charge >= 0.3 is 0 Å². The first-order chi connectivity index (χ1) is 17.1. The van der Waals surface area contributed by atoms with Crippen LogP contribution < -0.4 is 10.1 Å². The molecule has 0 atom stereocenters. The van der Waals surface area contributed by atoms with Crippen molar-refractivity contribution in [3.8, 4) is 5.75 Å². The molecule has 0 amide bonds. The Balaban J connectivity index is 1.21. The van der Waals surface area contributed by atoms with Crippen LogP contribution in [0.2, 0.25) is 0 Å². The number of carbonyl (C=O) groups is 1. The number of aromatic nitrogens is 1. The number of unbranched alkanes of at least 4 members (excludes halogenated alkanes) is 1. The summed E-state index contributed by atoms with van der Waals surface area (Å²) in [4.78, 5) is 20.2. The van der Waals surface area contributed by atoms with E-state index < -0.39 is 0 Å². The molecule has 35 heavy (non-hydrogen) atoms. The smallest absolute Gasteiger partial charge is 0.167 e. The van der Waals surface area contributed by atoms with Crippen molar-refractivity contribution in [3.63, 3.8) is 0 Å². The van der Waals surface area contributed by atoms with Gasteiger partial charge in [0.15, 0.2) is 17.3 Å². The van der Waals surface area contributed by atoms with Crippen LogP contribution in [0.25, 0.3) is 10.9 Å². The van der Waals surface area contributed by atoms with E-state index in [4.69, 9.17) is 4.74 Å². The Labute approximate surface area is 207 Å². The Morgan fingerprint density at radius 3 is 2.57 bits per heavy atom. The molecule has 188 valence electrons. The molecule has 5 fully saturated rings. The average molecular weight is 480 g/mol. The zero-order valence-corrected chi connectivity index (χ0v) is 20.9. The molecule has 6 heteroatoms. The van der Waals surface area contributed by atoms with Crippen LogP contribution in [0.15, 0.2) is 18.3 Å². The summed E-state index contributed by atoms with van der Waals surface area (Å²) in [6, 6.07) is 3.69. The predicted octanol–water partition coefficient (Wildman–Crippen LogP) is 6.07. The second kappa shape index (κ2) is 9.68. The molecule has 1 aromatic carbocycles. The van der Waals surface area contributed by atoms with E-state index in [1.54, 1.807) is 12.3 Å². The summed E-state index contributed by atoms with van der Waals surface area (Å²) in [5, 5.41) is 4.50. The van der Waals surface area contributed by atoms with Gasteiger partial charge in [-0.2, -0.15) is 0 Å². The van der Waals surface area contributed by atoms with Gasteiger partial charge in [0, 0.05) is 30.1 Å². The maximum atomic E-state index is 15.0. The van der Waals surface area contributed by atoms with Gasteiger partial charge < -0.3 is 15.0 Å².